The summed E-state index contributed by atoms with van der Waals surface area (Å²) in [5.74, 6) is -0.189. The standard InChI is InChI=1S/C14H20N4O2/c1-10-4-2-5-11(15)14(10)17-13(20)9-18-7-3-6-16-12(19)8-18/h2,4-5H,3,6-9,15H2,1H3,(H,16,19)(H,17,20). The second-order valence-corrected chi connectivity index (χ2v) is 5.00. The van der Waals surface area contributed by atoms with Gasteiger partial charge < -0.3 is 16.4 Å². The summed E-state index contributed by atoms with van der Waals surface area (Å²) in [5, 5.41) is 5.61. The predicted octanol–water partition coefficient (Wildman–Crippen LogP) is 0.338. The molecule has 0 bridgehead atoms. The van der Waals surface area contributed by atoms with E-state index in [2.05, 4.69) is 10.6 Å². The van der Waals surface area contributed by atoms with Crippen molar-refractivity contribution in [1.82, 2.24) is 10.2 Å². The van der Waals surface area contributed by atoms with Crippen LogP contribution in [0, 0.1) is 6.92 Å². The first-order valence-corrected chi connectivity index (χ1v) is 6.70. The molecule has 0 aromatic heterocycles. The van der Waals surface area contributed by atoms with Crippen molar-refractivity contribution >= 4 is 23.2 Å². The van der Waals surface area contributed by atoms with E-state index in [-0.39, 0.29) is 24.9 Å². The largest absolute Gasteiger partial charge is 0.397 e. The number of benzene rings is 1. The van der Waals surface area contributed by atoms with Gasteiger partial charge in [-0.05, 0) is 25.0 Å². The third-order valence-corrected chi connectivity index (χ3v) is 3.28. The minimum atomic E-state index is -0.152. The van der Waals surface area contributed by atoms with Crippen LogP contribution in [0.4, 0.5) is 11.4 Å². The van der Waals surface area contributed by atoms with Gasteiger partial charge in [-0.2, -0.15) is 0 Å². The van der Waals surface area contributed by atoms with Gasteiger partial charge in [0.15, 0.2) is 0 Å². The maximum Gasteiger partial charge on any atom is 0.238 e. The fourth-order valence-corrected chi connectivity index (χ4v) is 2.25. The van der Waals surface area contributed by atoms with Gasteiger partial charge in [0.2, 0.25) is 11.8 Å². The Morgan fingerprint density at radius 2 is 2.30 bits per heavy atom. The van der Waals surface area contributed by atoms with E-state index in [0.717, 1.165) is 18.5 Å². The maximum atomic E-state index is 12.1. The molecule has 1 fully saturated rings. The lowest BCUT2D eigenvalue weighted by molar-refractivity contribution is -0.122. The minimum absolute atomic E-state index is 0.0364. The van der Waals surface area contributed by atoms with Gasteiger partial charge in [0.05, 0.1) is 24.5 Å². The number of nitrogens with one attached hydrogen (secondary N) is 2. The molecular weight excluding hydrogens is 256 g/mol. The third kappa shape index (κ3) is 3.71. The zero-order chi connectivity index (χ0) is 14.5. The highest BCUT2D eigenvalue weighted by atomic mass is 16.2. The quantitative estimate of drug-likeness (QED) is 0.695. The lowest BCUT2D eigenvalue weighted by atomic mass is 10.1. The minimum Gasteiger partial charge on any atom is -0.397 e. The van der Waals surface area contributed by atoms with E-state index in [0.29, 0.717) is 17.9 Å². The summed E-state index contributed by atoms with van der Waals surface area (Å²) < 4.78 is 0. The molecule has 0 atom stereocenters. The Labute approximate surface area is 118 Å². The molecule has 1 aromatic carbocycles. The molecule has 1 aliphatic rings. The first kappa shape index (κ1) is 14.3. The molecule has 0 aliphatic carbocycles. The van der Waals surface area contributed by atoms with Gasteiger partial charge in [-0.3, -0.25) is 14.5 Å². The van der Waals surface area contributed by atoms with E-state index < -0.39 is 0 Å². The Hall–Kier alpha value is -2.08. The van der Waals surface area contributed by atoms with Gasteiger partial charge in [-0.15, -0.1) is 0 Å². The topological polar surface area (TPSA) is 87.5 Å². The third-order valence-electron chi connectivity index (χ3n) is 3.28. The van der Waals surface area contributed by atoms with Crippen LogP contribution in [0.15, 0.2) is 18.2 Å². The van der Waals surface area contributed by atoms with E-state index in [1.54, 1.807) is 6.07 Å². The molecular formula is C14H20N4O2. The molecule has 2 amide bonds. The lowest BCUT2D eigenvalue weighted by Crippen LogP contribution is -2.38. The molecule has 2 rings (SSSR count). The van der Waals surface area contributed by atoms with Crippen LogP contribution in [0.5, 0.6) is 0 Å². The highest BCUT2D eigenvalue weighted by molar-refractivity contribution is 5.96. The van der Waals surface area contributed by atoms with Crippen molar-refractivity contribution in [3.63, 3.8) is 0 Å². The first-order chi connectivity index (χ1) is 9.56. The van der Waals surface area contributed by atoms with E-state index in [1.165, 1.54) is 0 Å². The molecule has 0 spiro atoms. The molecule has 6 heteroatoms. The van der Waals surface area contributed by atoms with Crippen molar-refractivity contribution in [1.29, 1.82) is 0 Å². The van der Waals surface area contributed by atoms with Crippen molar-refractivity contribution in [2.75, 3.05) is 37.2 Å². The number of rotatable bonds is 3. The summed E-state index contributed by atoms with van der Waals surface area (Å²) in [7, 11) is 0. The number of anilines is 2. The first-order valence-electron chi connectivity index (χ1n) is 6.70. The number of para-hydroxylation sites is 1. The number of carbonyl (C=O) groups excluding carboxylic acids is 2. The number of nitrogens with two attached hydrogens (primary N) is 1. The van der Waals surface area contributed by atoms with E-state index in [1.807, 2.05) is 24.0 Å². The van der Waals surface area contributed by atoms with Crippen LogP contribution in [0.25, 0.3) is 0 Å². The van der Waals surface area contributed by atoms with Crippen LogP contribution in [0.2, 0.25) is 0 Å². The van der Waals surface area contributed by atoms with Gasteiger partial charge in [0, 0.05) is 13.1 Å². The zero-order valence-corrected chi connectivity index (χ0v) is 11.6. The van der Waals surface area contributed by atoms with Gasteiger partial charge in [-0.1, -0.05) is 12.1 Å². The molecule has 0 radical (unpaired) electrons. The predicted molar refractivity (Wildman–Crippen MR) is 78.3 cm³/mol. The van der Waals surface area contributed by atoms with Crippen LogP contribution in [-0.2, 0) is 9.59 Å². The van der Waals surface area contributed by atoms with Crippen LogP contribution in [0.1, 0.15) is 12.0 Å². The van der Waals surface area contributed by atoms with Crippen molar-refractivity contribution in [3.05, 3.63) is 23.8 Å². The number of nitrogen functional groups attached to an aromatic ring is 1. The summed E-state index contributed by atoms with van der Waals surface area (Å²) in [5.41, 5.74) is 7.98. The molecule has 0 unspecified atom stereocenters. The lowest BCUT2D eigenvalue weighted by Gasteiger charge is -2.18. The second kappa shape index (κ2) is 6.38. The molecule has 1 heterocycles. The average Bonchev–Trinajstić information content (AvgIpc) is 2.58. The van der Waals surface area contributed by atoms with Gasteiger partial charge >= 0.3 is 0 Å². The van der Waals surface area contributed by atoms with Crippen LogP contribution >= 0.6 is 0 Å². The summed E-state index contributed by atoms with van der Waals surface area (Å²) in [6, 6.07) is 5.49. The van der Waals surface area contributed by atoms with Crippen molar-refractivity contribution in [2.24, 2.45) is 0 Å². The molecule has 20 heavy (non-hydrogen) atoms. The van der Waals surface area contributed by atoms with Crippen LogP contribution in [0.3, 0.4) is 0 Å². The van der Waals surface area contributed by atoms with Crippen LogP contribution < -0.4 is 16.4 Å². The van der Waals surface area contributed by atoms with Gasteiger partial charge in [-0.25, -0.2) is 0 Å². The number of hydrogen-bond donors (Lipinski definition) is 3. The maximum absolute atomic E-state index is 12.1. The Morgan fingerprint density at radius 1 is 1.50 bits per heavy atom. The number of nitrogens with zero attached hydrogens (tertiary/aromatic N) is 1. The van der Waals surface area contributed by atoms with E-state index in [4.69, 9.17) is 5.73 Å². The van der Waals surface area contributed by atoms with Crippen molar-refractivity contribution in [3.8, 4) is 0 Å². The highest BCUT2D eigenvalue weighted by Gasteiger charge is 2.17. The monoisotopic (exact) mass is 276 g/mol. The summed E-state index contributed by atoms with van der Waals surface area (Å²) >= 11 is 0. The Balaban J connectivity index is 1.96. The van der Waals surface area contributed by atoms with Gasteiger partial charge in [0.1, 0.15) is 0 Å². The smallest absolute Gasteiger partial charge is 0.238 e. The molecule has 1 saturated heterocycles. The fourth-order valence-electron chi connectivity index (χ4n) is 2.25. The Kier molecular flexibility index (Phi) is 4.57. The molecule has 0 saturated carbocycles. The van der Waals surface area contributed by atoms with E-state index in [9.17, 15) is 9.59 Å². The summed E-state index contributed by atoms with van der Waals surface area (Å²) in [6.45, 7) is 3.75. The number of aryl methyl sites for hydroxylation is 1. The normalized spacial score (nSPS) is 16.4. The molecule has 4 N–H and O–H groups in total. The Bertz CT molecular complexity index is 496. The molecule has 1 aromatic rings. The summed E-state index contributed by atoms with van der Waals surface area (Å²) in [4.78, 5) is 25.3. The number of carbonyl (C=O) groups is 2. The fraction of sp³-hybridized carbons (Fsp3) is 0.429. The molecule has 1 aliphatic heterocycles. The second-order valence-electron chi connectivity index (χ2n) is 5.00. The SMILES string of the molecule is Cc1cccc(N)c1NC(=O)CN1CCCNC(=O)C1. The number of hydrogen-bond acceptors (Lipinski definition) is 4. The van der Waals surface area contributed by atoms with Crippen molar-refractivity contribution < 1.29 is 9.59 Å². The zero-order valence-electron chi connectivity index (χ0n) is 11.6. The van der Waals surface area contributed by atoms with Gasteiger partial charge in [0.25, 0.3) is 0 Å². The molecule has 6 nitrogen and oxygen atoms in total. The van der Waals surface area contributed by atoms with Crippen molar-refractivity contribution in [2.45, 2.75) is 13.3 Å². The van der Waals surface area contributed by atoms with E-state index >= 15 is 0 Å². The number of amides is 2. The summed E-state index contributed by atoms with van der Waals surface area (Å²) in [6.07, 6.45) is 0.853. The highest BCUT2D eigenvalue weighted by Crippen LogP contribution is 2.22. The average molecular weight is 276 g/mol. The molecule has 108 valence electrons. The van der Waals surface area contributed by atoms with Crippen LogP contribution in [-0.4, -0.2) is 42.9 Å². The Morgan fingerprint density at radius 3 is 3.05 bits per heavy atom.